The lowest BCUT2D eigenvalue weighted by molar-refractivity contribution is -0.165. The summed E-state index contributed by atoms with van der Waals surface area (Å²) in [6.07, 6.45) is 5.62. The van der Waals surface area contributed by atoms with Crippen LogP contribution in [0.25, 0.3) is 0 Å². The Morgan fingerprint density at radius 1 is 1.28 bits per heavy atom. The van der Waals surface area contributed by atoms with E-state index >= 15 is 0 Å². The molecule has 0 radical (unpaired) electrons. The van der Waals surface area contributed by atoms with Gasteiger partial charge in [-0.3, -0.25) is 4.90 Å². The number of hydrogen-bond acceptors (Lipinski definition) is 4. The maximum absolute atomic E-state index is 9.12. The zero-order valence-corrected chi connectivity index (χ0v) is 11.9. The SMILES string of the molecule is CCC(CC)N(CCO)CCOC1CCCCO1. The summed E-state index contributed by atoms with van der Waals surface area (Å²) in [6.45, 7) is 7.76. The summed E-state index contributed by atoms with van der Waals surface area (Å²) < 4.78 is 11.3. The molecule has 1 unspecified atom stereocenters. The van der Waals surface area contributed by atoms with Crippen molar-refractivity contribution >= 4 is 0 Å². The van der Waals surface area contributed by atoms with Gasteiger partial charge in [-0.2, -0.15) is 0 Å². The lowest BCUT2D eigenvalue weighted by Gasteiger charge is -2.30. The molecule has 1 saturated heterocycles. The Morgan fingerprint density at radius 2 is 2.06 bits per heavy atom. The highest BCUT2D eigenvalue weighted by atomic mass is 16.7. The van der Waals surface area contributed by atoms with Gasteiger partial charge < -0.3 is 14.6 Å². The molecule has 1 N–H and O–H groups in total. The zero-order chi connectivity index (χ0) is 13.2. The highest BCUT2D eigenvalue weighted by molar-refractivity contribution is 4.68. The number of ether oxygens (including phenoxy) is 2. The summed E-state index contributed by atoms with van der Waals surface area (Å²) in [5, 5.41) is 9.12. The Kier molecular flexibility index (Phi) is 8.59. The zero-order valence-electron chi connectivity index (χ0n) is 11.9. The third kappa shape index (κ3) is 5.65. The molecule has 1 atom stereocenters. The summed E-state index contributed by atoms with van der Waals surface area (Å²) in [4.78, 5) is 2.32. The van der Waals surface area contributed by atoms with Crippen LogP contribution >= 0.6 is 0 Å². The maximum atomic E-state index is 9.12. The van der Waals surface area contributed by atoms with Crippen LogP contribution in [0.15, 0.2) is 0 Å². The molecule has 0 aromatic rings. The van der Waals surface area contributed by atoms with Crippen LogP contribution in [0, 0.1) is 0 Å². The monoisotopic (exact) mass is 259 g/mol. The van der Waals surface area contributed by atoms with Gasteiger partial charge >= 0.3 is 0 Å². The molecule has 1 aliphatic rings. The second kappa shape index (κ2) is 9.73. The van der Waals surface area contributed by atoms with Crippen LogP contribution in [-0.2, 0) is 9.47 Å². The first kappa shape index (κ1) is 15.9. The van der Waals surface area contributed by atoms with E-state index in [9.17, 15) is 0 Å². The fourth-order valence-electron chi connectivity index (χ4n) is 2.55. The van der Waals surface area contributed by atoms with Gasteiger partial charge in [-0.05, 0) is 32.1 Å². The fourth-order valence-corrected chi connectivity index (χ4v) is 2.55. The van der Waals surface area contributed by atoms with Gasteiger partial charge in [-0.1, -0.05) is 13.8 Å². The second-order valence-corrected chi connectivity index (χ2v) is 4.90. The predicted octanol–water partition coefficient (Wildman–Crippen LogP) is 2.01. The van der Waals surface area contributed by atoms with Gasteiger partial charge in [0.1, 0.15) is 0 Å². The van der Waals surface area contributed by atoms with Crippen molar-refractivity contribution in [2.75, 3.05) is 32.9 Å². The van der Waals surface area contributed by atoms with E-state index in [0.29, 0.717) is 12.6 Å². The molecule has 4 heteroatoms. The first-order chi connectivity index (χ1) is 8.81. The molecule has 1 heterocycles. The largest absolute Gasteiger partial charge is 0.395 e. The lowest BCUT2D eigenvalue weighted by atomic mass is 10.1. The van der Waals surface area contributed by atoms with Crippen molar-refractivity contribution in [3.8, 4) is 0 Å². The van der Waals surface area contributed by atoms with Crippen LogP contribution in [0.1, 0.15) is 46.0 Å². The molecule has 0 aromatic carbocycles. The van der Waals surface area contributed by atoms with Crippen molar-refractivity contribution < 1.29 is 14.6 Å². The molecule has 0 spiro atoms. The second-order valence-electron chi connectivity index (χ2n) is 4.90. The van der Waals surface area contributed by atoms with Crippen molar-refractivity contribution in [1.29, 1.82) is 0 Å². The van der Waals surface area contributed by atoms with E-state index in [2.05, 4.69) is 18.7 Å². The van der Waals surface area contributed by atoms with E-state index in [-0.39, 0.29) is 12.9 Å². The van der Waals surface area contributed by atoms with Gasteiger partial charge in [0.2, 0.25) is 0 Å². The standard InChI is InChI=1S/C14H29NO3/c1-3-13(4-2)15(8-10-16)9-12-18-14-7-5-6-11-17-14/h13-14,16H,3-12H2,1-2H3. The number of aliphatic hydroxyl groups is 1. The van der Waals surface area contributed by atoms with Gasteiger partial charge in [-0.15, -0.1) is 0 Å². The molecule has 18 heavy (non-hydrogen) atoms. The van der Waals surface area contributed by atoms with Crippen molar-refractivity contribution in [2.24, 2.45) is 0 Å². The summed E-state index contributed by atoms with van der Waals surface area (Å²) in [5.41, 5.74) is 0. The maximum Gasteiger partial charge on any atom is 0.157 e. The van der Waals surface area contributed by atoms with Gasteiger partial charge in [0.15, 0.2) is 6.29 Å². The van der Waals surface area contributed by atoms with Crippen LogP contribution in [0.5, 0.6) is 0 Å². The molecule has 0 amide bonds. The number of nitrogens with zero attached hydrogens (tertiary/aromatic N) is 1. The third-order valence-electron chi connectivity index (χ3n) is 3.67. The molecule has 1 rings (SSSR count). The summed E-state index contributed by atoms with van der Waals surface area (Å²) in [7, 11) is 0. The number of rotatable bonds is 9. The van der Waals surface area contributed by atoms with Gasteiger partial charge in [0.25, 0.3) is 0 Å². The average molecular weight is 259 g/mol. The molecule has 4 nitrogen and oxygen atoms in total. The van der Waals surface area contributed by atoms with Crippen LogP contribution in [0.4, 0.5) is 0 Å². The Hall–Kier alpha value is -0.160. The average Bonchev–Trinajstić information content (AvgIpc) is 2.41. The lowest BCUT2D eigenvalue weighted by Crippen LogP contribution is -2.39. The summed E-state index contributed by atoms with van der Waals surface area (Å²) in [6, 6.07) is 0.549. The smallest absolute Gasteiger partial charge is 0.157 e. The summed E-state index contributed by atoms with van der Waals surface area (Å²) >= 11 is 0. The van der Waals surface area contributed by atoms with Crippen LogP contribution in [-0.4, -0.2) is 55.2 Å². The van der Waals surface area contributed by atoms with Crippen molar-refractivity contribution in [2.45, 2.75) is 58.3 Å². The molecule has 0 aliphatic carbocycles. The van der Waals surface area contributed by atoms with Crippen LogP contribution in [0.3, 0.4) is 0 Å². The Morgan fingerprint density at radius 3 is 2.61 bits per heavy atom. The molecule has 1 fully saturated rings. The van der Waals surface area contributed by atoms with E-state index in [4.69, 9.17) is 14.6 Å². The molecule has 108 valence electrons. The molecular weight excluding hydrogens is 230 g/mol. The van der Waals surface area contributed by atoms with Crippen LogP contribution in [0.2, 0.25) is 0 Å². The minimum atomic E-state index is -0.00331. The quantitative estimate of drug-likeness (QED) is 0.688. The highest BCUT2D eigenvalue weighted by Gasteiger charge is 2.17. The van der Waals surface area contributed by atoms with E-state index in [0.717, 1.165) is 45.4 Å². The van der Waals surface area contributed by atoms with Crippen molar-refractivity contribution in [3.63, 3.8) is 0 Å². The Bertz CT molecular complexity index is 191. The molecule has 0 aromatic heterocycles. The normalized spacial score (nSPS) is 20.8. The van der Waals surface area contributed by atoms with E-state index < -0.39 is 0 Å². The Balaban J connectivity index is 2.23. The van der Waals surface area contributed by atoms with Gasteiger partial charge in [0.05, 0.1) is 13.2 Å². The van der Waals surface area contributed by atoms with Gasteiger partial charge in [-0.25, -0.2) is 0 Å². The molecule has 0 saturated carbocycles. The van der Waals surface area contributed by atoms with E-state index in [1.807, 2.05) is 0 Å². The minimum absolute atomic E-state index is 0.00331. The topological polar surface area (TPSA) is 41.9 Å². The molecular formula is C14H29NO3. The van der Waals surface area contributed by atoms with E-state index in [1.165, 1.54) is 6.42 Å². The number of hydrogen-bond donors (Lipinski definition) is 1. The van der Waals surface area contributed by atoms with E-state index in [1.54, 1.807) is 0 Å². The highest BCUT2D eigenvalue weighted by Crippen LogP contribution is 2.14. The minimum Gasteiger partial charge on any atom is -0.395 e. The first-order valence-electron chi connectivity index (χ1n) is 7.39. The van der Waals surface area contributed by atoms with Crippen molar-refractivity contribution in [1.82, 2.24) is 4.90 Å². The first-order valence-corrected chi connectivity index (χ1v) is 7.39. The fraction of sp³-hybridized carbons (Fsp3) is 1.00. The molecule has 0 bridgehead atoms. The van der Waals surface area contributed by atoms with Gasteiger partial charge in [0, 0.05) is 25.7 Å². The van der Waals surface area contributed by atoms with Crippen molar-refractivity contribution in [3.05, 3.63) is 0 Å². The molecule has 1 aliphatic heterocycles. The predicted molar refractivity (Wildman–Crippen MR) is 72.6 cm³/mol. The summed E-state index contributed by atoms with van der Waals surface area (Å²) in [5.74, 6) is 0. The number of aliphatic hydroxyl groups excluding tert-OH is 1. The van der Waals surface area contributed by atoms with Crippen LogP contribution < -0.4 is 0 Å². The third-order valence-corrected chi connectivity index (χ3v) is 3.67. The Labute approximate surface area is 111 Å².